The Morgan fingerprint density at radius 3 is 2.72 bits per heavy atom. The third kappa shape index (κ3) is 6.22. The Labute approximate surface area is 232 Å². The number of fused-ring (bicyclic) bond motifs is 1. The Morgan fingerprint density at radius 1 is 1.21 bits per heavy atom. The lowest BCUT2D eigenvalue weighted by Crippen LogP contribution is -2.41. The van der Waals surface area contributed by atoms with Gasteiger partial charge >= 0.3 is 0 Å². The van der Waals surface area contributed by atoms with Crippen LogP contribution in [-0.2, 0) is 4.74 Å². The first kappa shape index (κ1) is 27.1. The predicted molar refractivity (Wildman–Crippen MR) is 158 cm³/mol. The minimum Gasteiger partial charge on any atom is -0.484 e. The van der Waals surface area contributed by atoms with Gasteiger partial charge in [-0.05, 0) is 65.5 Å². The summed E-state index contributed by atoms with van der Waals surface area (Å²) in [4.78, 5) is 17.0. The Kier molecular flexibility index (Phi) is 7.59. The molecule has 4 atom stereocenters. The number of ether oxygens (including phenoxy) is 1. The lowest BCUT2D eigenvalue weighted by Gasteiger charge is -2.30. The van der Waals surface area contributed by atoms with Crippen molar-refractivity contribution in [3.63, 3.8) is 0 Å². The van der Waals surface area contributed by atoms with Gasteiger partial charge in [-0.2, -0.15) is 0 Å². The summed E-state index contributed by atoms with van der Waals surface area (Å²) in [6.07, 6.45) is 11.3. The predicted octanol–water partition coefficient (Wildman–Crippen LogP) is 5.28. The number of aliphatic imine (C=N–C) groups is 2. The van der Waals surface area contributed by atoms with Crippen LogP contribution in [0.4, 0.5) is 0 Å². The molecule has 8 nitrogen and oxygen atoms in total. The van der Waals surface area contributed by atoms with Crippen molar-refractivity contribution in [1.29, 1.82) is 0 Å². The van der Waals surface area contributed by atoms with Gasteiger partial charge in [-0.15, -0.1) is 0 Å². The summed E-state index contributed by atoms with van der Waals surface area (Å²) in [6.45, 7) is 15.4. The van der Waals surface area contributed by atoms with E-state index in [9.17, 15) is 0 Å². The fourth-order valence-corrected chi connectivity index (χ4v) is 5.83. The summed E-state index contributed by atoms with van der Waals surface area (Å²) < 4.78 is 8.41. The van der Waals surface area contributed by atoms with Gasteiger partial charge < -0.3 is 20.3 Å². The molecule has 5 rings (SSSR count). The zero-order valence-electron chi connectivity index (χ0n) is 24.3. The van der Waals surface area contributed by atoms with E-state index >= 15 is 0 Å². The molecule has 2 N–H and O–H groups in total. The summed E-state index contributed by atoms with van der Waals surface area (Å²) in [6, 6.07) is 4.66. The van der Waals surface area contributed by atoms with Crippen LogP contribution in [0.25, 0.3) is 5.65 Å². The van der Waals surface area contributed by atoms with E-state index in [1.54, 1.807) is 0 Å². The van der Waals surface area contributed by atoms with Crippen molar-refractivity contribution in [2.24, 2.45) is 15.9 Å². The highest BCUT2D eigenvalue weighted by atomic mass is 16.5. The number of hydrogen-bond acceptors (Lipinski definition) is 7. The molecule has 1 saturated carbocycles. The average Bonchev–Trinajstić information content (AvgIpc) is 3.36. The third-order valence-electron chi connectivity index (χ3n) is 7.52. The number of likely N-dealkylation sites (N-methyl/N-ethyl adjacent to an activating group) is 1. The highest BCUT2D eigenvalue weighted by Crippen LogP contribution is 2.32. The van der Waals surface area contributed by atoms with Crippen molar-refractivity contribution in [2.75, 3.05) is 13.6 Å². The molecular weight excluding hydrogens is 486 g/mol. The molecule has 208 valence electrons. The van der Waals surface area contributed by atoms with E-state index in [0.29, 0.717) is 0 Å². The molecule has 2 aliphatic heterocycles. The van der Waals surface area contributed by atoms with Crippen LogP contribution in [0.3, 0.4) is 0 Å². The zero-order chi connectivity index (χ0) is 27.7. The van der Waals surface area contributed by atoms with Crippen LogP contribution >= 0.6 is 0 Å². The zero-order valence-corrected chi connectivity index (χ0v) is 24.3. The van der Waals surface area contributed by atoms with Gasteiger partial charge in [0, 0.05) is 37.8 Å². The number of nitrogens with one attached hydrogen (secondary N) is 2. The molecule has 0 radical (unpaired) electrons. The Morgan fingerprint density at radius 2 is 2.00 bits per heavy atom. The normalized spacial score (nSPS) is 25.7. The molecule has 4 heterocycles. The Hall–Kier alpha value is -3.51. The van der Waals surface area contributed by atoms with Crippen molar-refractivity contribution >= 4 is 17.3 Å². The lowest BCUT2D eigenvalue weighted by molar-refractivity contribution is 0.0315. The maximum absolute atomic E-state index is 6.28. The largest absolute Gasteiger partial charge is 0.484 e. The number of rotatable bonds is 5. The second-order valence-corrected chi connectivity index (χ2v) is 12.2. The SMILES string of the molecule is C=C=C(OC(C)(C)C)C1CCCC[C@@H](NC2=NC(c3cnc4ccc(C)cn34)NC(C3=NC(C)CN3C)=C2)C1. The summed E-state index contributed by atoms with van der Waals surface area (Å²) in [5.41, 5.74) is 6.93. The summed E-state index contributed by atoms with van der Waals surface area (Å²) >= 11 is 0. The second kappa shape index (κ2) is 10.9. The van der Waals surface area contributed by atoms with E-state index in [1.165, 1.54) is 18.4 Å². The molecule has 8 heteroatoms. The van der Waals surface area contributed by atoms with Gasteiger partial charge in [0.05, 0.1) is 23.6 Å². The third-order valence-corrected chi connectivity index (χ3v) is 7.52. The average molecular weight is 530 g/mol. The number of imidazole rings is 1. The van der Waals surface area contributed by atoms with Crippen molar-refractivity contribution in [2.45, 2.75) is 90.6 Å². The van der Waals surface area contributed by atoms with Gasteiger partial charge in [-0.1, -0.05) is 31.2 Å². The van der Waals surface area contributed by atoms with Gasteiger partial charge in [-0.25, -0.2) is 9.98 Å². The minimum atomic E-state index is -0.286. The van der Waals surface area contributed by atoms with Gasteiger partial charge in [0.15, 0.2) is 6.17 Å². The highest BCUT2D eigenvalue weighted by molar-refractivity contribution is 6.06. The monoisotopic (exact) mass is 529 g/mol. The minimum absolute atomic E-state index is 0.259. The van der Waals surface area contributed by atoms with Crippen LogP contribution in [-0.4, -0.2) is 57.2 Å². The van der Waals surface area contributed by atoms with Gasteiger partial charge in [0.1, 0.15) is 28.7 Å². The fourth-order valence-electron chi connectivity index (χ4n) is 5.83. The topological polar surface area (TPSA) is 78.5 Å². The van der Waals surface area contributed by atoms with Crippen molar-refractivity contribution in [3.8, 4) is 0 Å². The number of aromatic nitrogens is 2. The van der Waals surface area contributed by atoms with E-state index in [1.807, 2.05) is 12.3 Å². The van der Waals surface area contributed by atoms with Gasteiger partial charge in [0.2, 0.25) is 0 Å². The Balaban J connectivity index is 1.45. The lowest BCUT2D eigenvalue weighted by atomic mass is 9.95. The molecule has 0 amide bonds. The number of pyridine rings is 1. The highest BCUT2D eigenvalue weighted by Gasteiger charge is 2.31. The van der Waals surface area contributed by atoms with Crippen molar-refractivity contribution in [3.05, 3.63) is 65.6 Å². The number of allylic oxidation sites excluding steroid dienone is 1. The number of nitrogens with zero attached hydrogens (tertiary/aromatic N) is 5. The first-order chi connectivity index (χ1) is 18.6. The van der Waals surface area contributed by atoms with E-state index in [0.717, 1.165) is 60.3 Å². The van der Waals surface area contributed by atoms with Crippen LogP contribution in [0.1, 0.15) is 77.2 Å². The molecule has 2 aromatic heterocycles. The molecule has 3 unspecified atom stereocenters. The molecule has 0 bridgehead atoms. The Bertz CT molecular complexity index is 1350. The maximum atomic E-state index is 6.28. The van der Waals surface area contributed by atoms with Crippen LogP contribution in [0.5, 0.6) is 0 Å². The quantitative estimate of drug-likeness (QED) is 0.313. The molecule has 1 fully saturated rings. The van der Waals surface area contributed by atoms with Gasteiger partial charge in [0.25, 0.3) is 0 Å². The van der Waals surface area contributed by atoms with Crippen LogP contribution in [0.2, 0.25) is 0 Å². The van der Waals surface area contributed by atoms with Crippen molar-refractivity contribution < 1.29 is 4.74 Å². The van der Waals surface area contributed by atoms with Crippen LogP contribution in [0, 0.1) is 12.8 Å². The maximum Gasteiger partial charge on any atom is 0.164 e. The molecule has 3 aliphatic rings. The molecule has 2 aromatic rings. The van der Waals surface area contributed by atoms with E-state index in [4.69, 9.17) is 14.7 Å². The molecule has 1 aliphatic carbocycles. The summed E-state index contributed by atoms with van der Waals surface area (Å²) in [5.74, 6) is 3.02. The molecule has 39 heavy (non-hydrogen) atoms. The number of aryl methyl sites for hydroxylation is 1. The summed E-state index contributed by atoms with van der Waals surface area (Å²) in [5, 5.41) is 7.47. The molecule has 0 saturated heterocycles. The number of amidine groups is 2. The summed E-state index contributed by atoms with van der Waals surface area (Å²) in [7, 11) is 2.10. The first-order valence-corrected chi connectivity index (χ1v) is 14.2. The standard InChI is InChI=1S/C31H43N7O/c1-8-26(39-31(4,5)6)22-11-9-10-12-23(15-22)34-27-16-24(30-33-21(3)19-37(30)7)35-29(36-27)25-17-32-28-14-13-20(2)18-38(25)28/h13-14,16-18,21-23,29,35H,1,9-12,15,19H2,2-7H3,(H,34,36)/t21?,22?,23-,29?/m1/s1. The second-order valence-electron chi connectivity index (χ2n) is 12.2. The van der Waals surface area contributed by atoms with Gasteiger partial charge in [-0.3, -0.25) is 9.39 Å². The number of hydrogen-bond donors (Lipinski definition) is 2. The van der Waals surface area contributed by atoms with Crippen LogP contribution in [0.15, 0.2) is 64.4 Å². The van der Waals surface area contributed by atoms with Crippen molar-refractivity contribution in [1.82, 2.24) is 24.9 Å². The fraction of sp³-hybridized carbons (Fsp3) is 0.548. The van der Waals surface area contributed by atoms with E-state index in [-0.39, 0.29) is 29.8 Å². The van der Waals surface area contributed by atoms with E-state index < -0.39 is 0 Å². The smallest absolute Gasteiger partial charge is 0.164 e. The van der Waals surface area contributed by atoms with Crippen LogP contribution < -0.4 is 10.6 Å². The first-order valence-electron chi connectivity index (χ1n) is 14.2. The van der Waals surface area contributed by atoms with E-state index in [2.05, 4.69) is 97.2 Å². The molecular formula is C31H43N7O. The molecule has 0 spiro atoms. The molecule has 0 aromatic carbocycles.